The fraction of sp³-hybridized carbons (Fsp3) is 0.294. The van der Waals surface area contributed by atoms with Crippen molar-refractivity contribution in [2.75, 3.05) is 20.1 Å². The molecule has 2 amide bonds. The van der Waals surface area contributed by atoms with Crippen LogP contribution in [-0.2, 0) is 32.6 Å². The molecular formula is C34H39N3O4S. The molecule has 4 rings (SSSR count). The van der Waals surface area contributed by atoms with Crippen molar-refractivity contribution in [3.63, 3.8) is 0 Å². The summed E-state index contributed by atoms with van der Waals surface area (Å²) in [5, 5.41) is 4.72. The summed E-state index contributed by atoms with van der Waals surface area (Å²) in [5.74, 6) is -0.705. The molecule has 42 heavy (non-hydrogen) atoms. The monoisotopic (exact) mass is 585 g/mol. The zero-order chi connectivity index (χ0) is 30.1. The molecule has 1 unspecified atom stereocenters. The number of hydrogen-bond acceptors (Lipinski definition) is 4. The zero-order valence-electron chi connectivity index (χ0n) is 24.5. The van der Waals surface area contributed by atoms with Crippen molar-refractivity contribution in [2.24, 2.45) is 0 Å². The maximum absolute atomic E-state index is 14.0. The second kappa shape index (κ2) is 14.2. The van der Waals surface area contributed by atoms with E-state index < -0.39 is 28.5 Å². The van der Waals surface area contributed by atoms with Gasteiger partial charge >= 0.3 is 0 Å². The third-order valence-corrected chi connectivity index (χ3v) is 9.12. The number of unbranched alkanes of at least 4 members (excludes halogenated alkanes) is 1. The summed E-state index contributed by atoms with van der Waals surface area (Å²) in [4.78, 5) is 29.3. The van der Waals surface area contributed by atoms with E-state index in [4.69, 9.17) is 0 Å². The summed E-state index contributed by atoms with van der Waals surface area (Å²) in [7, 11) is -2.57. The van der Waals surface area contributed by atoms with Gasteiger partial charge in [0.15, 0.2) is 0 Å². The van der Waals surface area contributed by atoms with Crippen molar-refractivity contribution >= 4 is 32.6 Å². The van der Waals surface area contributed by atoms with Crippen LogP contribution in [0.1, 0.15) is 36.5 Å². The lowest BCUT2D eigenvalue weighted by Crippen LogP contribution is -2.53. The average Bonchev–Trinajstić information content (AvgIpc) is 2.99. The van der Waals surface area contributed by atoms with Crippen LogP contribution in [0.4, 0.5) is 0 Å². The number of nitrogens with zero attached hydrogens (tertiary/aromatic N) is 2. The van der Waals surface area contributed by atoms with Gasteiger partial charge in [-0.2, -0.15) is 4.31 Å². The van der Waals surface area contributed by atoms with E-state index in [1.807, 2.05) is 92.7 Å². The summed E-state index contributed by atoms with van der Waals surface area (Å²) in [6, 6.07) is 29.0. The minimum Gasteiger partial charge on any atom is -0.354 e. The summed E-state index contributed by atoms with van der Waals surface area (Å²) in [6.07, 6.45) is 2.05. The topological polar surface area (TPSA) is 86.8 Å². The number of carbonyl (C=O) groups excluding carboxylic acids is 2. The molecule has 7 nitrogen and oxygen atoms in total. The Labute approximate surface area is 249 Å². The van der Waals surface area contributed by atoms with E-state index in [0.717, 1.165) is 44.6 Å². The van der Waals surface area contributed by atoms with E-state index >= 15 is 0 Å². The molecule has 1 N–H and O–H groups in total. The van der Waals surface area contributed by atoms with Gasteiger partial charge in [-0.15, -0.1) is 0 Å². The highest BCUT2D eigenvalue weighted by molar-refractivity contribution is 7.89. The molecule has 1 atom stereocenters. The van der Waals surface area contributed by atoms with Crippen LogP contribution in [0, 0.1) is 6.92 Å². The first-order valence-electron chi connectivity index (χ1n) is 14.3. The predicted molar refractivity (Wildman–Crippen MR) is 167 cm³/mol. The van der Waals surface area contributed by atoms with Crippen molar-refractivity contribution in [3.05, 3.63) is 114 Å². The number of aryl methyl sites for hydroxylation is 1. The number of nitrogens with one attached hydrogen (secondary N) is 1. The Balaban J connectivity index is 1.66. The fourth-order valence-corrected chi connectivity index (χ4v) is 6.10. The number of hydrogen-bond donors (Lipinski definition) is 1. The minimum atomic E-state index is -3.98. The maximum atomic E-state index is 14.0. The van der Waals surface area contributed by atoms with Crippen LogP contribution >= 0.6 is 0 Å². The first-order valence-corrected chi connectivity index (χ1v) is 15.7. The van der Waals surface area contributed by atoms with Crippen LogP contribution in [0.25, 0.3) is 10.8 Å². The second-order valence-electron chi connectivity index (χ2n) is 10.6. The maximum Gasteiger partial charge on any atom is 0.243 e. The fourth-order valence-electron chi connectivity index (χ4n) is 4.94. The van der Waals surface area contributed by atoms with Gasteiger partial charge in [-0.1, -0.05) is 104 Å². The number of likely N-dealkylation sites (N-methyl/N-ethyl adjacent to an activating group) is 1. The number of rotatable bonds is 13. The van der Waals surface area contributed by atoms with Gasteiger partial charge in [0.05, 0.1) is 11.4 Å². The molecule has 4 aromatic rings. The third kappa shape index (κ3) is 7.84. The van der Waals surface area contributed by atoms with Crippen molar-refractivity contribution in [1.82, 2.24) is 14.5 Å². The van der Waals surface area contributed by atoms with Gasteiger partial charge < -0.3 is 10.2 Å². The van der Waals surface area contributed by atoms with E-state index in [-0.39, 0.29) is 17.3 Å². The molecule has 0 aliphatic rings. The molecule has 8 heteroatoms. The van der Waals surface area contributed by atoms with Crippen LogP contribution in [0.15, 0.2) is 102 Å². The molecule has 0 spiro atoms. The Morgan fingerprint density at radius 3 is 2.24 bits per heavy atom. The van der Waals surface area contributed by atoms with Gasteiger partial charge in [-0.05, 0) is 47.4 Å². The number of sulfonamides is 1. The van der Waals surface area contributed by atoms with E-state index in [2.05, 4.69) is 5.32 Å². The normalized spacial score (nSPS) is 12.3. The van der Waals surface area contributed by atoms with Crippen LogP contribution < -0.4 is 5.32 Å². The van der Waals surface area contributed by atoms with Crippen molar-refractivity contribution < 1.29 is 18.0 Å². The van der Waals surface area contributed by atoms with Gasteiger partial charge in [0.2, 0.25) is 21.8 Å². The molecule has 0 heterocycles. The number of fused-ring (bicyclic) bond motifs is 1. The van der Waals surface area contributed by atoms with Crippen LogP contribution in [-0.4, -0.2) is 55.6 Å². The van der Waals surface area contributed by atoms with Crippen molar-refractivity contribution in [3.8, 4) is 0 Å². The van der Waals surface area contributed by atoms with Crippen LogP contribution in [0.2, 0.25) is 0 Å². The van der Waals surface area contributed by atoms with Crippen LogP contribution in [0.5, 0.6) is 0 Å². The van der Waals surface area contributed by atoms with Crippen molar-refractivity contribution in [2.45, 2.75) is 50.6 Å². The zero-order valence-corrected chi connectivity index (χ0v) is 25.3. The molecule has 0 bridgehead atoms. The number of benzene rings is 4. The SMILES string of the molecule is CCCCNC(=O)C(Cc1ccccc1)N(Cc1cccc(C)c1)C(=O)CN(C)S(=O)(=O)c1ccc2ccccc2c1. The Morgan fingerprint density at radius 1 is 0.833 bits per heavy atom. The molecule has 0 aliphatic heterocycles. The highest BCUT2D eigenvalue weighted by Crippen LogP contribution is 2.22. The van der Waals surface area contributed by atoms with Gasteiger partial charge in [-0.25, -0.2) is 8.42 Å². The van der Waals surface area contributed by atoms with Gasteiger partial charge in [0.1, 0.15) is 6.04 Å². The van der Waals surface area contributed by atoms with E-state index in [1.54, 1.807) is 18.2 Å². The molecule has 220 valence electrons. The molecule has 0 saturated heterocycles. The molecular weight excluding hydrogens is 546 g/mol. The lowest BCUT2D eigenvalue weighted by atomic mass is 10.0. The molecule has 0 aromatic heterocycles. The Kier molecular flexibility index (Phi) is 10.5. The number of amides is 2. The first kappa shape index (κ1) is 30.9. The summed E-state index contributed by atoms with van der Waals surface area (Å²) < 4.78 is 28.2. The summed E-state index contributed by atoms with van der Waals surface area (Å²) >= 11 is 0. The largest absolute Gasteiger partial charge is 0.354 e. The van der Waals surface area contributed by atoms with Gasteiger partial charge in [-0.3, -0.25) is 9.59 Å². The lowest BCUT2D eigenvalue weighted by molar-refractivity contribution is -0.141. The lowest BCUT2D eigenvalue weighted by Gasteiger charge is -2.33. The molecule has 0 fully saturated rings. The second-order valence-corrected chi connectivity index (χ2v) is 12.7. The number of carbonyl (C=O) groups is 2. The highest BCUT2D eigenvalue weighted by atomic mass is 32.2. The molecule has 0 radical (unpaired) electrons. The van der Waals surface area contributed by atoms with Gasteiger partial charge in [0.25, 0.3) is 0 Å². The summed E-state index contributed by atoms with van der Waals surface area (Å²) in [6.45, 7) is 4.28. The smallest absolute Gasteiger partial charge is 0.243 e. The van der Waals surface area contributed by atoms with E-state index in [9.17, 15) is 18.0 Å². The van der Waals surface area contributed by atoms with E-state index in [0.29, 0.717) is 13.0 Å². The highest BCUT2D eigenvalue weighted by Gasteiger charge is 2.33. The Bertz CT molecular complexity index is 1620. The Morgan fingerprint density at radius 2 is 1.52 bits per heavy atom. The quantitative estimate of drug-likeness (QED) is 0.215. The van der Waals surface area contributed by atoms with E-state index in [1.165, 1.54) is 11.9 Å². The van der Waals surface area contributed by atoms with Crippen molar-refractivity contribution in [1.29, 1.82) is 0 Å². The predicted octanol–water partition coefficient (Wildman–Crippen LogP) is 5.33. The Hall–Kier alpha value is -4.01. The van der Waals surface area contributed by atoms with Crippen LogP contribution in [0.3, 0.4) is 0 Å². The molecule has 0 saturated carbocycles. The average molecular weight is 586 g/mol. The third-order valence-electron chi connectivity index (χ3n) is 7.32. The summed E-state index contributed by atoms with van der Waals surface area (Å²) in [5.41, 5.74) is 2.80. The molecule has 4 aromatic carbocycles. The molecule has 0 aliphatic carbocycles. The van der Waals surface area contributed by atoms with Gasteiger partial charge in [0, 0.05) is 26.6 Å². The first-order chi connectivity index (χ1) is 20.2. The minimum absolute atomic E-state index is 0.111. The standard InChI is InChI=1S/C34H39N3O4S/c1-4-5-20-35-34(39)32(22-27-13-7-6-8-14-27)37(24-28-15-11-12-26(2)21-28)33(38)25-36(3)42(40,41)31-19-18-29-16-9-10-17-30(29)23-31/h6-19,21,23,32H,4-5,20,22,24-25H2,1-3H3,(H,35,39).